The van der Waals surface area contributed by atoms with Crippen molar-refractivity contribution in [2.24, 2.45) is 11.8 Å². The maximum Gasteiger partial charge on any atom is 0.225 e. The van der Waals surface area contributed by atoms with Gasteiger partial charge in [0.25, 0.3) is 0 Å². The Kier molecular flexibility index (Phi) is 7.45. The van der Waals surface area contributed by atoms with Crippen molar-refractivity contribution < 1.29 is 9.59 Å². The molecule has 0 saturated heterocycles. The number of aryl methyl sites for hydroxylation is 1. The Morgan fingerprint density at radius 3 is 2.21 bits per heavy atom. The molecule has 2 aromatic carbocycles. The zero-order valence-corrected chi connectivity index (χ0v) is 17.6. The maximum absolute atomic E-state index is 13.0. The molecule has 1 N–H and O–H groups in total. The molecule has 3 rings (SSSR count). The quantitative estimate of drug-likeness (QED) is 0.756. The van der Waals surface area contributed by atoms with Crippen LogP contribution in [0.5, 0.6) is 0 Å². The summed E-state index contributed by atoms with van der Waals surface area (Å²) in [6.07, 6.45) is 3.18. The third-order valence-electron chi connectivity index (χ3n) is 6.07. The molecule has 1 aliphatic carbocycles. The summed E-state index contributed by atoms with van der Waals surface area (Å²) < 4.78 is 0. The molecule has 1 saturated carbocycles. The number of benzene rings is 2. The lowest BCUT2D eigenvalue weighted by atomic mass is 9.80. The maximum atomic E-state index is 13.0. The van der Waals surface area contributed by atoms with Crippen molar-refractivity contribution in [1.82, 2.24) is 10.2 Å². The average molecular weight is 393 g/mol. The summed E-state index contributed by atoms with van der Waals surface area (Å²) in [7, 11) is 0. The summed E-state index contributed by atoms with van der Waals surface area (Å²) in [5.74, 6) is 0.414. The number of nitrogens with zero attached hydrogens (tertiary/aromatic N) is 1. The van der Waals surface area contributed by atoms with E-state index in [1.807, 2.05) is 42.2 Å². The molecular weight excluding hydrogens is 360 g/mol. The van der Waals surface area contributed by atoms with E-state index in [2.05, 4.69) is 36.5 Å². The number of hydrogen-bond donors (Lipinski definition) is 1. The lowest BCUT2D eigenvalue weighted by Gasteiger charge is -2.31. The van der Waals surface area contributed by atoms with Crippen LogP contribution in [-0.2, 0) is 22.7 Å². The van der Waals surface area contributed by atoms with E-state index < -0.39 is 0 Å². The van der Waals surface area contributed by atoms with E-state index in [1.54, 1.807) is 0 Å². The first kappa shape index (κ1) is 21.1. The summed E-state index contributed by atoms with van der Waals surface area (Å²) in [6.45, 7) is 6.04. The Morgan fingerprint density at radius 2 is 1.55 bits per heavy atom. The van der Waals surface area contributed by atoms with Gasteiger partial charge in [-0.1, -0.05) is 54.6 Å². The third kappa shape index (κ3) is 5.69. The number of carbonyl (C=O) groups is 2. The highest BCUT2D eigenvalue weighted by molar-refractivity contribution is 5.81. The average Bonchev–Trinajstić information content (AvgIpc) is 2.77. The normalized spacial score (nSPS) is 18.8. The number of carbonyl (C=O) groups excluding carboxylic acids is 2. The molecule has 0 heterocycles. The molecular formula is C25H32N2O2. The number of hydrogen-bond acceptors (Lipinski definition) is 2. The lowest BCUT2D eigenvalue weighted by Crippen LogP contribution is -2.39. The zero-order valence-electron chi connectivity index (χ0n) is 17.6. The first-order valence-corrected chi connectivity index (χ1v) is 10.7. The molecule has 0 aliphatic heterocycles. The first-order chi connectivity index (χ1) is 14.1. The van der Waals surface area contributed by atoms with Gasteiger partial charge in [-0.15, -0.1) is 0 Å². The fourth-order valence-electron chi connectivity index (χ4n) is 4.15. The van der Waals surface area contributed by atoms with Crippen molar-refractivity contribution in [3.8, 4) is 0 Å². The van der Waals surface area contributed by atoms with Crippen molar-refractivity contribution in [3.05, 3.63) is 71.3 Å². The number of nitrogens with one attached hydrogen (secondary N) is 1. The van der Waals surface area contributed by atoms with E-state index in [4.69, 9.17) is 0 Å². The molecule has 29 heavy (non-hydrogen) atoms. The Morgan fingerprint density at radius 1 is 0.931 bits per heavy atom. The Hall–Kier alpha value is -2.62. The van der Waals surface area contributed by atoms with Crippen LogP contribution in [0.25, 0.3) is 0 Å². The van der Waals surface area contributed by atoms with E-state index >= 15 is 0 Å². The monoisotopic (exact) mass is 392 g/mol. The molecule has 1 aliphatic rings. The van der Waals surface area contributed by atoms with Crippen molar-refractivity contribution in [3.63, 3.8) is 0 Å². The summed E-state index contributed by atoms with van der Waals surface area (Å²) in [4.78, 5) is 27.5. The standard InChI is InChI=1S/C25H32N2O2/c1-3-27(18-20-10-5-4-6-11-20)25(29)22-15-13-21(14-16-22)24(28)26-17-23-12-8-7-9-19(23)2/h4-12,21-22H,3,13-18H2,1-2H3,(H,26,28). The van der Waals surface area contributed by atoms with E-state index in [9.17, 15) is 9.59 Å². The van der Waals surface area contributed by atoms with Crippen LogP contribution in [0.4, 0.5) is 0 Å². The van der Waals surface area contributed by atoms with E-state index in [1.165, 1.54) is 5.56 Å². The molecule has 2 amide bonds. The van der Waals surface area contributed by atoms with E-state index in [0.29, 0.717) is 19.6 Å². The molecule has 0 aromatic heterocycles. The molecule has 1 fully saturated rings. The van der Waals surface area contributed by atoms with Crippen LogP contribution >= 0.6 is 0 Å². The van der Waals surface area contributed by atoms with Gasteiger partial charge in [0.2, 0.25) is 11.8 Å². The highest BCUT2D eigenvalue weighted by Gasteiger charge is 2.31. The predicted molar refractivity (Wildman–Crippen MR) is 116 cm³/mol. The minimum atomic E-state index is 0.0206. The van der Waals surface area contributed by atoms with Gasteiger partial charge >= 0.3 is 0 Å². The van der Waals surface area contributed by atoms with Gasteiger partial charge in [0.15, 0.2) is 0 Å². The Labute approximate surface area is 174 Å². The van der Waals surface area contributed by atoms with Crippen molar-refractivity contribution >= 4 is 11.8 Å². The minimum Gasteiger partial charge on any atom is -0.352 e. The van der Waals surface area contributed by atoms with Crippen molar-refractivity contribution in [2.45, 2.75) is 52.6 Å². The molecule has 0 bridgehead atoms. The highest BCUT2D eigenvalue weighted by atomic mass is 16.2. The molecule has 4 nitrogen and oxygen atoms in total. The smallest absolute Gasteiger partial charge is 0.225 e. The van der Waals surface area contributed by atoms with Crippen LogP contribution in [0.2, 0.25) is 0 Å². The fraction of sp³-hybridized carbons (Fsp3) is 0.440. The second kappa shape index (κ2) is 10.2. The topological polar surface area (TPSA) is 49.4 Å². The second-order valence-corrected chi connectivity index (χ2v) is 8.03. The molecule has 2 aromatic rings. The van der Waals surface area contributed by atoms with Crippen molar-refractivity contribution in [2.75, 3.05) is 6.54 Å². The van der Waals surface area contributed by atoms with Gasteiger partial charge in [0.1, 0.15) is 0 Å². The molecule has 154 valence electrons. The lowest BCUT2D eigenvalue weighted by molar-refractivity contribution is -0.138. The third-order valence-corrected chi connectivity index (χ3v) is 6.07. The van der Waals surface area contributed by atoms with Crippen LogP contribution < -0.4 is 5.32 Å². The molecule has 0 unspecified atom stereocenters. The Balaban J connectivity index is 1.48. The number of amides is 2. The molecule has 0 radical (unpaired) electrons. The molecule has 4 heteroatoms. The van der Waals surface area contributed by atoms with Gasteiger partial charge < -0.3 is 10.2 Å². The number of rotatable bonds is 7. The largest absolute Gasteiger partial charge is 0.352 e. The van der Waals surface area contributed by atoms with Gasteiger partial charge in [-0.2, -0.15) is 0 Å². The van der Waals surface area contributed by atoms with Crippen LogP contribution in [0.15, 0.2) is 54.6 Å². The molecule has 0 atom stereocenters. The fourth-order valence-corrected chi connectivity index (χ4v) is 4.15. The van der Waals surface area contributed by atoms with E-state index in [0.717, 1.165) is 36.8 Å². The van der Waals surface area contributed by atoms with Crippen LogP contribution in [0.3, 0.4) is 0 Å². The zero-order chi connectivity index (χ0) is 20.6. The van der Waals surface area contributed by atoms with Crippen LogP contribution in [0, 0.1) is 18.8 Å². The van der Waals surface area contributed by atoms with Gasteiger partial charge in [-0.3, -0.25) is 9.59 Å². The van der Waals surface area contributed by atoms with Gasteiger partial charge in [-0.25, -0.2) is 0 Å². The summed E-state index contributed by atoms with van der Waals surface area (Å²) >= 11 is 0. The van der Waals surface area contributed by atoms with Crippen LogP contribution in [-0.4, -0.2) is 23.3 Å². The second-order valence-electron chi connectivity index (χ2n) is 8.03. The van der Waals surface area contributed by atoms with Crippen molar-refractivity contribution in [1.29, 1.82) is 0 Å². The van der Waals surface area contributed by atoms with Gasteiger partial charge in [-0.05, 0) is 56.2 Å². The predicted octanol–water partition coefficient (Wildman–Crippen LogP) is 4.47. The summed E-state index contributed by atoms with van der Waals surface area (Å²) in [5, 5.41) is 3.09. The SMILES string of the molecule is CCN(Cc1ccccc1)C(=O)C1CCC(C(=O)NCc2ccccc2C)CC1. The molecule has 0 spiro atoms. The Bertz CT molecular complexity index is 811. The summed E-state index contributed by atoms with van der Waals surface area (Å²) in [5.41, 5.74) is 3.51. The first-order valence-electron chi connectivity index (χ1n) is 10.7. The van der Waals surface area contributed by atoms with Gasteiger partial charge in [0.05, 0.1) is 0 Å². The summed E-state index contributed by atoms with van der Waals surface area (Å²) in [6, 6.07) is 18.3. The van der Waals surface area contributed by atoms with Crippen LogP contribution in [0.1, 0.15) is 49.3 Å². The minimum absolute atomic E-state index is 0.0206. The highest BCUT2D eigenvalue weighted by Crippen LogP contribution is 2.30. The van der Waals surface area contributed by atoms with Gasteiger partial charge in [0, 0.05) is 31.5 Å². The van der Waals surface area contributed by atoms with E-state index in [-0.39, 0.29) is 23.7 Å².